The van der Waals surface area contributed by atoms with Crippen molar-refractivity contribution in [3.63, 3.8) is 0 Å². The number of hydrogen-bond acceptors (Lipinski definition) is 5. The van der Waals surface area contributed by atoms with Crippen molar-refractivity contribution in [2.45, 2.75) is 33.4 Å². The van der Waals surface area contributed by atoms with Crippen molar-refractivity contribution in [2.24, 2.45) is 0 Å². The number of aliphatic carboxylic acids is 2. The zero-order valence-electron chi connectivity index (χ0n) is 14.8. The summed E-state index contributed by atoms with van der Waals surface area (Å²) in [5.41, 5.74) is 0. The summed E-state index contributed by atoms with van der Waals surface area (Å²) in [4.78, 5) is 33.7. The summed E-state index contributed by atoms with van der Waals surface area (Å²) < 4.78 is 4.16. The van der Waals surface area contributed by atoms with Crippen molar-refractivity contribution in [3.05, 3.63) is 43.5 Å². The van der Waals surface area contributed by atoms with Crippen molar-refractivity contribution in [1.29, 1.82) is 0 Å². The summed E-state index contributed by atoms with van der Waals surface area (Å²) in [7, 11) is 0. The first-order valence-corrected chi connectivity index (χ1v) is 7.68. The van der Waals surface area contributed by atoms with Gasteiger partial charge in [0.2, 0.25) is 0 Å². The molecule has 1 atom stereocenters. The maximum absolute atomic E-state index is 9.00. The number of H-pyrrole nitrogens is 1. The number of carbonyl (C=O) groups is 2. The largest absolute Gasteiger partial charge is 0.481 e. The SMILES string of the molecule is CC(=O)O.CC(=O)O.CC(Cn1ccnc1-c1ncc[nH]1)n1ccnc1. The van der Waals surface area contributed by atoms with Crippen LogP contribution in [0, 0.1) is 0 Å². The van der Waals surface area contributed by atoms with Crippen molar-refractivity contribution >= 4 is 11.9 Å². The second-order valence-corrected chi connectivity index (χ2v) is 5.24. The van der Waals surface area contributed by atoms with Gasteiger partial charge in [0.15, 0.2) is 11.6 Å². The van der Waals surface area contributed by atoms with Crippen molar-refractivity contribution < 1.29 is 19.8 Å². The first kappa shape index (κ1) is 20.6. The highest BCUT2D eigenvalue weighted by Gasteiger charge is 2.11. The Balaban J connectivity index is 0.000000360. The Kier molecular flexibility index (Phi) is 8.28. The zero-order chi connectivity index (χ0) is 19.5. The smallest absolute Gasteiger partial charge is 0.300 e. The molecule has 0 spiro atoms. The van der Waals surface area contributed by atoms with Crippen LogP contribution in [0.5, 0.6) is 0 Å². The molecule has 0 aromatic carbocycles. The van der Waals surface area contributed by atoms with E-state index in [0.29, 0.717) is 6.04 Å². The molecule has 0 saturated carbocycles. The van der Waals surface area contributed by atoms with Gasteiger partial charge >= 0.3 is 0 Å². The molecule has 0 aliphatic heterocycles. The molecule has 0 bridgehead atoms. The minimum Gasteiger partial charge on any atom is -0.481 e. The van der Waals surface area contributed by atoms with E-state index in [0.717, 1.165) is 32.0 Å². The van der Waals surface area contributed by atoms with Gasteiger partial charge in [0.05, 0.1) is 6.33 Å². The number of rotatable bonds is 4. The van der Waals surface area contributed by atoms with Crippen molar-refractivity contribution in [1.82, 2.24) is 29.1 Å². The molecule has 0 radical (unpaired) electrons. The molecule has 3 rings (SSSR count). The number of carboxylic acids is 2. The van der Waals surface area contributed by atoms with E-state index in [2.05, 4.69) is 36.0 Å². The second kappa shape index (κ2) is 10.4. The summed E-state index contributed by atoms with van der Waals surface area (Å²) in [6.07, 6.45) is 12.9. The van der Waals surface area contributed by atoms with E-state index >= 15 is 0 Å². The molecule has 0 amide bonds. The van der Waals surface area contributed by atoms with Crippen LogP contribution in [-0.4, -0.2) is 51.2 Å². The molecule has 0 saturated heterocycles. The number of carboxylic acid groups (broad SMARTS) is 2. The van der Waals surface area contributed by atoms with Gasteiger partial charge in [-0.05, 0) is 6.92 Å². The van der Waals surface area contributed by atoms with E-state index in [1.165, 1.54) is 0 Å². The number of imidazole rings is 3. The molecule has 0 aliphatic rings. The number of nitrogens with one attached hydrogen (secondary N) is 1. The number of aromatic nitrogens is 6. The van der Waals surface area contributed by atoms with Crippen LogP contribution in [0.4, 0.5) is 0 Å². The molecular weight excluding hydrogens is 340 g/mol. The van der Waals surface area contributed by atoms with Gasteiger partial charge in [0.1, 0.15) is 0 Å². The lowest BCUT2D eigenvalue weighted by molar-refractivity contribution is -0.135. The van der Waals surface area contributed by atoms with E-state index in [4.69, 9.17) is 19.8 Å². The number of aromatic amines is 1. The maximum atomic E-state index is 9.00. The fraction of sp³-hybridized carbons (Fsp3) is 0.312. The lowest BCUT2D eigenvalue weighted by Gasteiger charge is -2.15. The van der Waals surface area contributed by atoms with Gasteiger partial charge in [-0.25, -0.2) is 15.0 Å². The first-order chi connectivity index (χ1) is 12.3. The topological polar surface area (TPSA) is 139 Å². The van der Waals surface area contributed by atoms with E-state index in [1.54, 1.807) is 24.8 Å². The van der Waals surface area contributed by atoms with Crippen molar-refractivity contribution in [3.8, 4) is 11.6 Å². The average Bonchev–Trinajstić information content (AvgIpc) is 3.28. The molecular formula is C16H22N6O4. The number of hydrogen-bond donors (Lipinski definition) is 3. The lowest BCUT2D eigenvalue weighted by atomic mass is 10.3. The van der Waals surface area contributed by atoms with Crippen LogP contribution in [0.15, 0.2) is 43.5 Å². The highest BCUT2D eigenvalue weighted by molar-refractivity contribution is 5.63. The van der Waals surface area contributed by atoms with Gasteiger partial charge in [0, 0.05) is 63.6 Å². The Morgan fingerprint density at radius 1 is 1.12 bits per heavy atom. The number of nitrogens with zero attached hydrogens (tertiary/aromatic N) is 5. The Morgan fingerprint density at radius 2 is 1.77 bits per heavy atom. The van der Waals surface area contributed by atoms with Crippen LogP contribution in [0.3, 0.4) is 0 Å². The summed E-state index contributed by atoms with van der Waals surface area (Å²) in [6, 6.07) is 0.315. The predicted octanol–water partition coefficient (Wildman–Crippen LogP) is 1.91. The zero-order valence-corrected chi connectivity index (χ0v) is 14.8. The Labute approximate surface area is 150 Å². The third kappa shape index (κ3) is 7.43. The lowest BCUT2D eigenvalue weighted by Crippen LogP contribution is -2.12. The first-order valence-electron chi connectivity index (χ1n) is 7.68. The monoisotopic (exact) mass is 362 g/mol. The molecule has 3 N–H and O–H groups in total. The van der Waals surface area contributed by atoms with Crippen LogP contribution < -0.4 is 0 Å². The summed E-state index contributed by atoms with van der Waals surface area (Å²) in [5, 5.41) is 14.8. The fourth-order valence-corrected chi connectivity index (χ4v) is 1.97. The second-order valence-electron chi connectivity index (χ2n) is 5.24. The fourth-order valence-electron chi connectivity index (χ4n) is 1.97. The maximum Gasteiger partial charge on any atom is 0.300 e. The summed E-state index contributed by atoms with van der Waals surface area (Å²) >= 11 is 0. The van der Waals surface area contributed by atoms with Gasteiger partial charge in [0.25, 0.3) is 11.9 Å². The minimum atomic E-state index is -0.833. The van der Waals surface area contributed by atoms with E-state index in [-0.39, 0.29) is 0 Å². The standard InChI is InChI=1S/C12H14N6.2C2H4O2/c1-10(18-6-4-13-9-18)8-17-7-5-16-12(17)11-14-2-3-15-11;2*1-2(3)4/h2-7,9-10H,8H2,1H3,(H,14,15);2*1H3,(H,3,4). The summed E-state index contributed by atoms with van der Waals surface area (Å²) in [5.74, 6) is -0.0233. The van der Waals surface area contributed by atoms with Crippen LogP contribution in [0.2, 0.25) is 0 Å². The molecule has 3 aromatic heterocycles. The van der Waals surface area contributed by atoms with Gasteiger partial charge in [-0.15, -0.1) is 0 Å². The van der Waals surface area contributed by atoms with Crippen LogP contribution in [0.25, 0.3) is 11.6 Å². The van der Waals surface area contributed by atoms with Gasteiger partial charge in [-0.3, -0.25) is 9.59 Å². The third-order valence-corrected chi connectivity index (χ3v) is 2.92. The van der Waals surface area contributed by atoms with Gasteiger partial charge in [-0.1, -0.05) is 0 Å². The Bertz CT molecular complexity index is 760. The molecule has 0 fully saturated rings. The molecule has 1 unspecified atom stereocenters. The molecule has 140 valence electrons. The Hall–Kier alpha value is -3.43. The molecule has 10 nitrogen and oxygen atoms in total. The minimum absolute atomic E-state index is 0.315. The van der Waals surface area contributed by atoms with E-state index in [1.807, 2.05) is 18.7 Å². The van der Waals surface area contributed by atoms with Crippen LogP contribution in [0.1, 0.15) is 26.8 Å². The van der Waals surface area contributed by atoms with Crippen LogP contribution in [-0.2, 0) is 16.1 Å². The Morgan fingerprint density at radius 3 is 2.27 bits per heavy atom. The molecule has 3 aromatic rings. The molecule has 26 heavy (non-hydrogen) atoms. The van der Waals surface area contributed by atoms with Crippen molar-refractivity contribution in [2.75, 3.05) is 0 Å². The quantitative estimate of drug-likeness (QED) is 0.644. The molecule has 3 heterocycles. The highest BCUT2D eigenvalue weighted by Crippen LogP contribution is 2.15. The average molecular weight is 362 g/mol. The van der Waals surface area contributed by atoms with E-state index < -0.39 is 11.9 Å². The molecule has 10 heteroatoms. The normalized spacial score (nSPS) is 10.7. The van der Waals surface area contributed by atoms with Gasteiger partial charge in [-0.2, -0.15) is 0 Å². The summed E-state index contributed by atoms with van der Waals surface area (Å²) in [6.45, 7) is 5.14. The van der Waals surface area contributed by atoms with Crippen LogP contribution >= 0.6 is 0 Å². The van der Waals surface area contributed by atoms with Gasteiger partial charge < -0.3 is 24.3 Å². The third-order valence-electron chi connectivity index (χ3n) is 2.92. The van der Waals surface area contributed by atoms with E-state index in [9.17, 15) is 0 Å². The highest BCUT2D eigenvalue weighted by atomic mass is 16.4. The molecule has 0 aliphatic carbocycles. The predicted molar refractivity (Wildman–Crippen MR) is 93.4 cm³/mol.